The van der Waals surface area contributed by atoms with Gasteiger partial charge >= 0.3 is 0 Å². The topological polar surface area (TPSA) is 16.1 Å². The molecule has 0 spiro atoms. The molecule has 102 valence electrons. The molecule has 2 nitrogen and oxygen atoms in total. The monoisotopic (exact) mass is 276 g/mol. The van der Waals surface area contributed by atoms with E-state index >= 15 is 0 Å². The lowest BCUT2D eigenvalue weighted by Gasteiger charge is -2.24. The lowest BCUT2D eigenvalue weighted by Crippen LogP contribution is -2.26. The van der Waals surface area contributed by atoms with Crippen LogP contribution < -0.4 is 4.90 Å². The molecule has 2 aromatic rings. The molecule has 0 aliphatic carbocycles. The Balaban J connectivity index is 2.53. The lowest BCUT2D eigenvalue weighted by atomic mass is 10.1. The Morgan fingerprint density at radius 1 is 1.05 bits per heavy atom. The largest absolute Gasteiger partial charge is 0.356 e. The predicted octanol–water partition coefficient (Wildman–Crippen LogP) is 4.60. The van der Waals surface area contributed by atoms with Crippen LogP contribution in [0.3, 0.4) is 0 Å². The Labute approximate surface area is 120 Å². The fourth-order valence-electron chi connectivity index (χ4n) is 2.46. The van der Waals surface area contributed by atoms with Gasteiger partial charge in [0.1, 0.15) is 5.82 Å². The van der Waals surface area contributed by atoms with Crippen LogP contribution in [0.15, 0.2) is 30.5 Å². The third-order valence-corrected chi connectivity index (χ3v) is 3.58. The van der Waals surface area contributed by atoms with E-state index in [0.29, 0.717) is 5.88 Å². The molecule has 2 rings (SSSR count). The van der Waals surface area contributed by atoms with Crippen molar-refractivity contribution in [2.24, 2.45) is 0 Å². The van der Waals surface area contributed by atoms with Crippen LogP contribution in [-0.2, 0) is 5.88 Å². The second-order valence-corrected chi connectivity index (χ2v) is 5.04. The molecule has 0 saturated carbocycles. The second-order valence-electron chi connectivity index (χ2n) is 4.77. The third-order valence-electron chi connectivity index (χ3n) is 3.29. The van der Waals surface area contributed by atoms with Crippen LogP contribution in [0.25, 0.3) is 10.8 Å². The number of rotatable bonds is 6. The summed E-state index contributed by atoms with van der Waals surface area (Å²) in [6, 6.07) is 8.41. The highest BCUT2D eigenvalue weighted by Crippen LogP contribution is 2.28. The summed E-state index contributed by atoms with van der Waals surface area (Å²) >= 11 is 6.01. The Kier molecular flexibility index (Phi) is 5.03. The van der Waals surface area contributed by atoms with E-state index in [1.165, 1.54) is 10.8 Å². The van der Waals surface area contributed by atoms with Gasteiger partial charge in [-0.1, -0.05) is 38.1 Å². The van der Waals surface area contributed by atoms with Crippen LogP contribution in [0.5, 0.6) is 0 Å². The quantitative estimate of drug-likeness (QED) is 0.717. The zero-order valence-corrected chi connectivity index (χ0v) is 12.5. The van der Waals surface area contributed by atoms with Crippen molar-refractivity contribution in [3.63, 3.8) is 0 Å². The van der Waals surface area contributed by atoms with Crippen LogP contribution >= 0.6 is 11.6 Å². The number of pyridine rings is 1. The maximum atomic E-state index is 6.01. The zero-order chi connectivity index (χ0) is 13.7. The normalized spacial score (nSPS) is 10.9. The maximum Gasteiger partial charge on any atom is 0.136 e. The maximum absolute atomic E-state index is 6.01. The first-order valence-electron chi connectivity index (χ1n) is 6.99. The molecule has 1 aromatic heterocycles. The number of halogens is 1. The van der Waals surface area contributed by atoms with E-state index in [2.05, 4.69) is 48.0 Å². The van der Waals surface area contributed by atoms with E-state index in [0.717, 1.165) is 37.3 Å². The molecule has 0 N–H and O–H groups in total. The first kappa shape index (κ1) is 14.1. The smallest absolute Gasteiger partial charge is 0.136 e. The summed E-state index contributed by atoms with van der Waals surface area (Å²) in [5.74, 6) is 1.60. The van der Waals surface area contributed by atoms with E-state index < -0.39 is 0 Å². The fourth-order valence-corrected chi connectivity index (χ4v) is 2.67. The van der Waals surface area contributed by atoms with Gasteiger partial charge in [-0.05, 0) is 23.8 Å². The molecular formula is C16H21ClN2. The number of hydrogen-bond donors (Lipinski definition) is 0. The molecule has 0 atom stereocenters. The van der Waals surface area contributed by atoms with Gasteiger partial charge < -0.3 is 4.90 Å². The molecule has 0 aliphatic rings. The molecular weight excluding hydrogens is 256 g/mol. The van der Waals surface area contributed by atoms with E-state index in [4.69, 9.17) is 11.6 Å². The van der Waals surface area contributed by atoms with Gasteiger partial charge in [-0.15, -0.1) is 11.6 Å². The SMILES string of the molecule is CCCN(CCC)c1ncc(CCl)c2ccccc12. The van der Waals surface area contributed by atoms with Crippen LogP contribution in [0, 0.1) is 0 Å². The summed E-state index contributed by atoms with van der Waals surface area (Å²) in [7, 11) is 0. The Morgan fingerprint density at radius 2 is 1.68 bits per heavy atom. The molecule has 0 bridgehead atoms. The highest BCUT2D eigenvalue weighted by Gasteiger charge is 2.12. The summed E-state index contributed by atoms with van der Waals surface area (Å²) in [5.41, 5.74) is 1.11. The van der Waals surface area contributed by atoms with Crippen molar-refractivity contribution in [2.75, 3.05) is 18.0 Å². The Hall–Kier alpha value is -1.28. The van der Waals surface area contributed by atoms with E-state index in [-0.39, 0.29) is 0 Å². The minimum Gasteiger partial charge on any atom is -0.356 e. The van der Waals surface area contributed by atoms with Crippen LogP contribution in [0.1, 0.15) is 32.3 Å². The lowest BCUT2D eigenvalue weighted by molar-refractivity contribution is 0.737. The fraction of sp³-hybridized carbons (Fsp3) is 0.438. The summed E-state index contributed by atoms with van der Waals surface area (Å²) in [6.45, 7) is 6.51. The molecule has 0 amide bonds. The molecule has 0 radical (unpaired) electrons. The van der Waals surface area contributed by atoms with Crippen molar-refractivity contribution in [3.8, 4) is 0 Å². The van der Waals surface area contributed by atoms with Gasteiger partial charge in [0, 0.05) is 30.6 Å². The Bertz CT molecular complexity index is 533. The molecule has 19 heavy (non-hydrogen) atoms. The Morgan fingerprint density at radius 3 is 2.26 bits per heavy atom. The van der Waals surface area contributed by atoms with Crippen molar-refractivity contribution in [1.29, 1.82) is 0 Å². The van der Waals surface area contributed by atoms with Crippen molar-refractivity contribution >= 4 is 28.2 Å². The van der Waals surface area contributed by atoms with Crippen LogP contribution in [0.2, 0.25) is 0 Å². The first-order valence-corrected chi connectivity index (χ1v) is 7.52. The average Bonchev–Trinajstić information content (AvgIpc) is 2.46. The molecule has 3 heteroatoms. The first-order chi connectivity index (χ1) is 9.31. The van der Waals surface area contributed by atoms with Gasteiger partial charge in [0.15, 0.2) is 0 Å². The molecule has 1 aromatic carbocycles. The second kappa shape index (κ2) is 6.76. The molecule has 0 fully saturated rings. The van der Waals surface area contributed by atoms with Crippen LogP contribution in [0.4, 0.5) is 5.82 Å². The van der Waals surface area contributed by atoms with Gasteiger partial charge in [-0.25, -0.2) is 4.98 Å². The number of aromatic nitrogens is 1. The zero-order valence-electron chi connectivity index (χ0n) is 11.7. The molecule has 0 aliphatic heterocycles. The summed E-state index contributed by atoms with van der Waals surface area (Å²) in [4.78, 5) is 7.03. The van der Waals surface area contributed by atoms with Crippen molar-refractivity contribution in [1.82, 2.24) is 4.98 Å². The van der Waals surface area contributed by atoms with Crippen molar-refractivity contribution in [3.05, 3.63) is 36.0 Å². The minimum atomic E-state index is 0.509. The molecule has 1 heterocycles. The summed E-state index contributed by atoms with van der Waals surface area (Å²) < 4.78 is 0. The number of anilines is 1. The van der Waals surface area contributed by atoms with Crippen LogP contribution in [-0.4, -0.2) is 18.1 Å². The van der Waals surface area contributed by atoms with E-state index in [1.807, 2.05) is 6.20 Å². The third kappa shape index (κ3) is 3.01. The molecule has 0 unspecified atom stereocenters. The number of fused-ring (bicyclic) bond motifs is 1. The predicted molar refractivity (Wildman–Crippen MR) is 84.1 cm³/mol. The van der Waals surface area contributed by atoms with Gasteiger partial charge in [0.2, 0.25) is 0 Å². The average molecular weight is 277 g/mol. The highest BCUT2D eigenvalue weighted by molar-refractivity contribution is 6.18. The van der Waals surface area contributed by atoms with Gasteiger partial charge in [-0.2, -0.15) is 0 Å². The summed E-state index contributed by atoms with van der Waals surface area (Å²) in [6.07, 6.45) is 4.18. The number of hydrogen-bond acceptors (Lipinski definition) is 2. The number of nitrogens with zero attached hydrogens (tertiary/aromatic N) is 2. The van der Waals surface area contributed by atoms with Gasteiger partial charge in [-0.3, -0.25) is 0 Å². The van der Waals surface area contributed by atoms with E-state index in [9.17, 15) is 0 Å². The standard InChI is InChI=1S/C16H21ClN2/c1-3-9-19(10-4-2)16-15-8-6-5-7-14(15)13(11-17)12-18-16/h5-8,12H,3-4,9-11H2,1-2H3. The molecule has 0 saturated heterocycles. The van der Waals surface area contributed by atoms with Crippen molar-refractivity contribution in [2.45, 2.75) is 32.6 Å². The van der Waals surface area contributed by atoms with Gasteiger partial charge in [0.05, 0.1) is 0 Å². The van der Waals surface area contributed by atoms with Crippen molar-refractivity contribution < 1.29 is 0 Å². The number of alkyl halides is 1. The summed E-state index contributed by atoms with van der Waals surface area (Å²) in [5, 5.41) is 2.43. The van der Waals surface area contributed by atoms with Gasteiger partial charge in [0.25, 0.3) is 0 Å². The van der Waals surface area contributed by atoms with E-state index in [1.54, 1.807) is 0 Å². The highest BCUT2D eigenvalue weighted by atomic mass is 35.5. The number of benzene rings is 1. The minimum absolute atomic E-state index is 0.509.